The average Bonchev–Trinajstić information content (AvgIpc) is 3.31. The summed E-state index contributed by atoms with van der Waals surface area (Å²) in [7, 11) is 0. The third-order valence-electron chi connectivity index (χ3n) is 5.81. The molecule has 5 nitrogen and oxygen atoms in total. The molecule has 1 aromatic heterocycles. The van der Waals surface area contributed by atoms with Crippen molar-refractivity contribution in [2.45, 2.75) is 19.6 Å². The van der Waals surface area contributed by atoms with E-state index in [1.807, 2.05) is 84.9 Å². The molecule has 1 aliphatic rings. The monoisotopic (exact) mass is 470 g/mol. The van der Waals surface area contributed by atoms with Gasteiger partial charge in [-0.15, -0.1) is 0 Å². The van der Waals surface area contributed by atoms with Gasteiger partial charge in [-0.3, -0.25) is 4.79 Å². The first-order valence-corrected chi connectivity index (χ1v) is 11.5. The van der Waals surface area contributed by atoms with Gasteiger partial charge < -0.3 is 14.2 Å². The Morgan fingerprint density at radius 2 is 1.79 bits per heavy atom. The smallest absolute Gasteiger partial charge is 0.246 e. The third-order valence-corrected chi connectivity index (χ3v) is 6.06. The average molecular weight is 471 g/mol. The summed E-state index contributed by atoms with van der Waals surface area (Å²) in [5.41, 5.74) is 4.85. The molecule has 0 saturated heterocycles. The van der Waals surface area contributed by atoms with Crippen LogP contribution in [0.15, 0.2) is 89.5 Å². The van der Waals surface area contributed by atoms with Crippen molar-refractivity contribution in [2.75, 3.05) is 6.54 Å². The topological polar surface area (TPSA) is 55.6 Å². The second-order valence-electron chi connectivity index (χ2n) is 8.13. The predicted molar refractivity (Wildman–Crippen MR) is 132 cm³/mol. The summed E-state index contributed by atoms with van der Waals surface area (Å²) in [6.45, 7) is 1.57. The molecule has 1 amide bonds. The Hall–Kier alpha value is -3.83. The second-order valence-corrected chi connectivity index (χ2v) is 8.57. The van der Waals surface area contributed by atoms with Crippen molar-refractivity contribution in [1.29, 1.82) is 0 Å². The number of aromatic nitrogens is 1. The van der Waals surface area contributed by atoms with E-state index in [0.29, 0.717) is 31.1 Å². The molecule has 4 aromatic rings. The molecular weight excluding hydrogens is 448 g/mol. The molecule has 3 aromatic carbocycles. The minimum absolute atomic E-state index is 0.0499. The molecule has 0 atom stereocenters. The highest BCUT2D eigenvalue weighted by Gasteiger charge is 2.26. The summed E-state index contributed by atoms with van der Waals surface area (Å²) < 4.78 is 11.4. The molecule has 0 spiro atoms. The van der Waals surface area contributed by atoms with Crippen LogP contribution in [0.3, 0.4) is 0 Å². The van der Waals surface area contributed by atoms with E-state index in [0.717, 1.165) is 39.5 Å². The predicted octanol–water partition coefficient (Wildman–Crippen LogP) is 6.17. The summed E-state index contributed by atoms with van der Waals surface area (Å²) in [6.07, 6.45) is 4.12. The number of fused-ring (bicyclic) bond motifs is 1. The van der Waals surface area contributed by atoms with E-state index in [1.165, 1.54) is 0 Å². The first-order chi connectivity index (χ1) is 16.7. The van der Waals surface area contributed by atoms with E-state index in [4.69, 9.17) is 20.9 Å². The lowest BCUT2D eigenvalue weighted by molar-refractivity contribution is -0.126. The molecule has 6 heteroatoms. The zero-order valence-corrected chi connectivity index (χ0v) is 19.2. The maximum atomic E-state index is 12.8. The van der Waals surface area contributed by atoms with Gasteiger partial charge in [0, 0.05) is 28.8 Å². The molecule has 5 rings (SSSR count). The molecule has 0 bridgehead atoms. The van der Waals surface area contributed by atoms with Gasteiger partial charge in [0.1, 0.15) is 18.1 Å². The van der Waals surface area contributed by atoms with E-state index < -0.39 is 0 Å². The van der Waals surface area contributed by atoms with E-state index in [1.54, 1.807) is 11.0 Å². The molecule has 34 heavy (non-hydrogen) atoms. The Kier molecular flexibility index (Phi) is 6.45. The second kappa shape index (κ2) is 9.98. The van der Waals surface area contributed by atoms with Crippen LogP contribution in [-0.2, 0) is 24.4 Å². The minimum Gasteiger partial charge on any atom is -0.489 e. The first-order valence-electron chi connectivity index (χ1n) is 11.1. The minimum atomic E-state index is -0.0499. The molecule has 0 aliphatic carbocycles. The van der Waals surface area contributed by atoms with E-state index in [2.05, 4.69) is 5.16 Å². The van der Waals surface area contributed by atoms with Crippen molar-refractivity contribution in [3.8, 4) is 17.1 Å². The van der Waals surface area contributed by atoms with Crippen LogP contribution in [0.2, 0.25) is 5.02 Å². The van der Waals surface area contributed by atoms with Crippen LogP contribution < -0.4 is 4.74 Å². The van der Waals surface area contributed by atoms with Crippen molar-refractivity contribution in [1.82, 2.24) is 10.1 Å². The van der Waals surface area contributed by atoms with E-state index in [9.17, 15) is 4.79 Å². The van der Waals surface area contributed by atoms with Crippen molar-refractivity contribution in [3.63, 3.8) is 0 Å². The number of hydrogen-bond donors (Lipinski definition) is 0. The van der Waals surface area contributed by atoms with Crippen LogP contribution in [-0.4, -0.2) is 22.5 Å². The zero-order chi connectivity index (χ0) is 23.3. The van der Waals surface area contributed by atoms with Gasteiger partial charge in [-0.05, 0) is 60.0 Å². The summed E-state index contributed by atoms with van der Waals surface area (Å²) in [4.78, 5) is 14.5. The quantitative estimate of drug-likeness (QED) is 0.316. The molecule has 0 fully saturated rings. The lowest BCUT2D eigenvalue weighted by atomic mass is 10.0. The van der Waals surface area contributed by atoms with Gasteiger partial charge in [-0.1, -0.05) is 59.2 Å². The summed E-state index contributed by atoms with van der Waals surface area (Å²) in [5, 5.41) is 4.89. The number of carbonyl (C=O) groups excluding carboxylic acids is 1. The van der Waals surface area contributed by atoms with Gasteiger partial charge in [-0.2, -0.15) is 0 Å². The standard InChI is InChI=1S/C28H23ClN2O3/c29-23-11-9-22(10-12-23)28-25-16-17-31(18-26(25)30-34-28)27(32)15-8-20-6-13-24(14-7-20)33-19-21-4-2-1-3-5-21/h1-15H,16-19H2/b15-8+. The fourth-order valence-corrected chi connectivity index (χ4v) is 4.06. The number of hydrogen-bond acceptors (Lipinski definition) is 4. The third kappa shape index (κ3) is 5.05. The van der Waals surface area contributed by atoms with E-state index >= 15 is 0 Å². The zero-order valence-electron chi connectivity index (χ0n) is 18.5. The van der Waals surface area contributed by atoms with Crippen molar-refractivity contribution in [2.24, 2.45) is 0 Å². The van der Waals surface area contributed by atoms with Gasteiger partial charge in [-0.25, -0.2) is 0 Å². The van der Waals surface area contributed by atoms with Gasteiger partial charge in [0.25, 0.3) is 0 Å². The molecule has 0 saturated carbocycles. The number of ether oxygens (including phenoxy) is 1. The number of rotatable bonds is 6. The van der Waals surface area contributed by atoms with Crippen LogP contribution in [0.5, 0.6) is 5.75 Å². The summed E-state index contributed by atoms with van der Waals surface area (Å²) >= 11 is 5.99. The lowest BCUT2D eigenvalue weighted by Crippen LogP contribution is -2.34. The lowest BCUT2D eigenvalue weighted by Gasteiger charge is -2.24. The highest BCUT2D eigenvalue weighted by molar-refractivity contribution is 6.30. The van der Waals surface area contributed by atoms with Crippen LogP contribution >= 0.6 is 11.6 Å². The van der Waals surface area contributed by atoms with E-state index in [-0.39, 0.29) is 5.91 Å². The summed E-state index contributed by atoms with van der Waals surface area (Å²) in [5.74, 6) is 1.49. The number of nitrogens with zero attached hydrogens (tertiary/aromatic N) is 2. The summed E-state index contributed by atoms with van der Waals surface area (Å²) in [6, 6.07) is 25.2. The number of amides is 1. The molecule has 0 unspecified atom stereocenters. The fourth-order valence-electron chi connectivity index (χ4n) is 3.94. The number of halogens is 1. The van der Waals surface area contributed by atoms with Crippen molar-refractivity contribution < 1.29 is 14.1 Å². The van der Waals surface area contributed by atoms with Gasteiger partial charge in [0.15, 0.2) is 5.76 Å². The molecule has 0 N–H and O–H groups in total. The molecule has 2 heterocycles. The Balaban J connectivity index is 1.18. The highest BCUT2D eigenvalue weighted by atomic mass is 35.5. The maximum absolute atomic E-state index is 12.8. The SMILES string of the molecule is O=C(/C=C/c1ccc(OCc2ccccc2)cc1)N1CCc2c(noc2-c2ccc(Cl)cc2)C1. The Labute approximate surface area is 203 Å². The van der Waals surface area contributed by atoms with Crippen molar-refractivity contribution >= 4 is 23.6 Å². The molecular formula is C28H23ClN2O3. The normalized spacial score (nSPS) is 13.1. The van der Waals surface area contributed by atoms with Crippen LogP contribution in [0.25, 0.3) is 17.4 Å². The maximum Gasteiger partial charge on any atom is 0.246 e. The number of benzene rings is 3. The van der Waals surface area contributed by atoms with Crippen LogP contribution in [0.1, 0.15) is 22.4 Å². The highest BCUT2D eigenvalue weighted by Crippen LogP contribution is 2.31. The fraction of sp³-hybridized carbons (Fsp3) is 0.143. The number of carbonyl (C=O) groups is 1. The largest absolute Gasteiger partial charge is 0.489 e. The van der Waals surface area contributed by atoms with Crippen molar-refractivity contribution in [3.05, 3.63) is 112 Å². The molecule has 0 radical (unpaired) electrons. The van der Waals surface area contributed by atoms with Gasteiger partial charge >= 0.3 is 0 Å². The molecule has 170 valence electrons. The molecule has 1 aliphatic heterocycles. The van der Waals surface area contributed by atoms with Gasteiger partial charge in [0.05, 0.1) is 6.54 Å². The Bertz CT molecular complexity index is 1300. The van der Waals surface area contributed by atoms with Crippen LogP contribution in [0.4, 0.5) is 0 Å². The Morgan fingerprint density at radius 1 is 1.03 bits per heavy atom. The van der Waals surface area contributed by atoms with Crippen LogP contribution in [0, 0.1) is 0 Å². The van der Waals surface area contributed by atoms with Gasteiger partial charge in [0.2, 0.25) is 5.91 Å². The Morgan fingerprint density at radius 3 is 2.56 bits per heavy atom. The first kappa shape index (κ1) is 22.0.